The highest BCUT2D eigenvalue weighted by molar-refractivity contribution is 6.22. The van der Waals surface area contributed by atoms with E-state index < -0.39 is 0 Å². The van der Waals surface area contributed by atoms with Crippen molar-refractivity contribution >= 4 is 11.6 Å². The normalized spacial score (nSPS) is 14.6. The molecule has 3 rings (SSSR count). The summed E-state index contributed by atoms with van der Waals surface area (Å²) >= 11 is 6.71. The first-order valence-electron chi connectivity index (χ1n) is 7.20. The van der Waals surface area contributed by atoms with E-state index in [0.717, 1.165) is 29.0 Å². The standard InChI is InChI=1S/C18H19ClO2/c1-20-15-8-9-17(21-2)16(11-15)18(19)14-7-6-12-4-3-5-13(12)10-14/h6-11,18H,3-5H2,1-2H3. The number of aryl methyl sites for hydroxylation is 2. The second-order valence-electron chi connectivity index (χ2n) is 5.35. The zero-order valence-electron chi connectivity index (χ0n) is 12.4. The molecule has 0 N–H and O–H groups in total. The van der Waals surface area contributed by atoms with Crippen molar-refractivity contribution in [2.24, 2.45) is 0 Å². The van der Waals surface area contributed by atoms with Gasteiger partial charge in [-0.15, -0.1) is 11.6 Å². The molecule has 2 nitrogen and oxygen atoms in total. The predicted molar refractivity (Wildman–Crippen MR) is 85.7 cm³/mol. The van der Waals surface area contributed by atoms with Gasteiger partial charge in [0.15, 0.2) is 0 Å². The zero-order chi connectivity index (χ0) is 14.8. The Morgan fingerprint density at radius 1 is 0.952 bits per heavy atom. The number of methoxy groups -OCH3 is 2. The van der Waals surface area contributed by atoms with E-state index in [4.69, 9.17) is 21.1 Å². The summed E-state index contributed by atoms with van der Waals surface area (Å²) in [6, 6.07) is 12.3. The molecule has 0 amide bonds. The molecule has 1 unspecified atom stereocenters. The summed E-state index contributed by atoms with van der Waals surface area (Å²) in [6.07, 6.45) is 3.58. The van der Waals surface area contributed by atoms with Crippen LogP contribution in [0.15, 0.2) is 36.4 Å². The van der Waals surface area contributed by atoms with Crippen LogP contribution in [0.5, 0.6) is 11.5 Å². The van der Waals surface area contributed by atoms with Gasteiger partial charge in [-0.25, -0.2) is 0 Å². The lowest BCUT2D eigenvalue weighted by Crippen LogP contribution is -1.99. The summed E-state index contributed by atoms with van der Waals surface area (Å²) in [7, 11) is 3.32. The summed E-state index contributed by atoms with van der Waals surface area (Å²) in [4.78, 5) is 0. The van der Waals surface area contributed by atoms with Crippen molar-refractivity contribution in [3.8, 4) is 11.5 Å². The summed E-state index contributed by atoms with van der Waals surface area (Å²) in [5.41, 5.74) is 4.94. The van der Waals surface area contributed by atoms with Gasteiger partial charge in [0, 0.05) is 5.56 Å². The van der Waals surface area contributed by atoms with Crippen LogP contribution in [-0.4, -0.2) is 14.2 Å². The number of fused-ring (bicyclic) bond motifs is 1. The Morgan fingerprint density at radius 2 is 1.76 bits per heavy atom. The molecule has 0 heterocycles. The van der Waals surface area contributed by atoms with Gasteiger partial charge in [-0.1, -0.05) is 18.2 Å². The van der Waals surface area contributed by atoms with E-state index in [-0.39, 0.29) is 5.38 Å². The molecule has 0 aliphatic heterocycles. The molecule has 1 atom stereocenters. The molecule has 3 heteroatoms. The van der Waals surface area contributed by atoms with E-state index in [1.165, 1.54) is 24.0 Å². The SMILES string of the molecule is COc1ccc(OC)c(C(Cl)c2ccc3c(c2)CCC3)c1. The fourth-order valence-corrected chi connectivity index (χ4v) is 3.27. The van der Waals surface area contributed by atoms with Gasteiger partial charge < -0.3 is 9.47 Å². The highest BCUT2D eigenvalue weighted by Crippen LogP contribution is 2.38. The Balaban J connectivity index is 1.99. The number of hydrogen-bond acceptors (Lipinski definition) is 2. The predicted octanol–water partition coefficient (Wildman–Crippen LogP) is 4.52. The van der Waals surface area contributed by atoms with Crippen molar-refractivity contribution in [3.05, 3.63) is 58.7 Å². The maximum absolute atomic E-state index is 6.71. The van der Waals surface area contributed by atoms with E-state index >= 15 is 0 Å². The van der Waals surface area contributed by atoms with E-state index in [0.29, 0.717) is 0 Å². The van der Waals surface area contributed by atoms with Crippen LogP contribution < -0.4 is 9.47 Å². The molecule has 0 saturated carbocycles. The molecule has 0 spiro atoms. The smallest absolute Gasteiger partial charge is 0.124 e. The molecular weight excluding hydrogens is 284 g/mol. The van der Waals surface area contributed by atoms with E-state index in [1.54, 1.807) is 14.2 Å². The van der Waals surface area contributed by atoms with Crippen LogP contribution in [0, 0.1) is 0 Å². The minimum atomic E-state index is -0.235. The molecular formula is C18H19ClO2. The van der Waals surface area contributed by atoms with Gasteiger partial charge >= 0.3 is 0 Å². The summed E-state index contributed by atoms with van der Waals surface area (Å²) in [5.74, 6) is 1.58. The molecule has 1 aliphatic carbocycles. The lowest BCUT2D eigenvalue weighted by molar-refractivity contribution is 0.399. The fraction of sp³-hybridized carbons (Fsp3) is 0.333. The maximum atomic E-state index is 6.71. The van der Waals surface area contributed by atoms with Gasteiger partial charge in [0.25, 0.3) is 0 Å². The third-order valence-electron chi connectivity index (χ3n) is 4.13. The Morgan fingerprint density at radius 3 is 2.52 bits per heavy atom. The average molecular weight is 303 g/mol. The van der Waals surface area contributed by atoms with Crippen LogP contribution in [0.1, 0.15) is 34.1 Å². The number of halogens is 1. The van der Waals surface area contributed by atoms with Gasteiger partial charge in [-0.2, -0.15) is 0 Å². The van der Waals surface area contributed by atoms with Crippen molar-refractivity contribution in [1.29, 1.82) is 0 Å². The minimum Gasteiger partial charge on any atom is -0.497 e. The molecule has 21 heavy (non-hydrogen) atoms. The van der Waals surface area contributed by atoms with Gasteiger partial charge in [-0.05, 0) is 54.2 Å². The first-order chi connectivity index (χ1) is 10.2. The molecule has 0 bridgehead atoms. The first-order valence-corrected chi connectivity index (χ1v) is 7.64. The molecule has 0 fully saturated rings. The Labute approximate surface area is 130 Å². The van der Waals surface area contributed by atoms with Gasteiger partial charge in [0.1, 0.15) is 11.5 Å². The van der Waals surface area contributed by atoms with Gasteiger partial charge in [-0.3, -0.25) is 0 Å². The van der Waals surface area contributed by atoms with Crippen LogP contribution in [-0.2, 0) is 12.8 Å². The quantitative estimate of drug-likeness (QED) is 0.773. The van der Waals surface area contributed by atoms with Gasteiger partial charge in [0.2, 0.25) is 0 Å². The Kier molecular flexibility index (Phi) is 4.07. The van der Waals surface area contributed by atoms with Crippen LogP contribution in [0.3, 0.4) is 0 Å². The number of alkyl halides is 1. The largest absolute Gasteiger partial charge is 0.497 e. The monoisotopic (exact) mass is 302 g/mol. The number of benzene rings is 2. The van der Waals surface area contributed by atoms with Crippen LogP contribution >= 0.6 is 11.6 Å². The molecule has 2 aromatic rings. The van der Waals surface area contributed by atoms with Crippen LogP contribution in [0.2, 0.25) is 0 Å². The molecule has 0 aromatic heterocycles. The molecule has 0 saturated heterocycles. The van der Waals surface area contributed by atoms with Crippen molar-refractivity contribution in [2.75, 3.05) is 14.2 Å². The second-order valence-corrected chi connectivity index (χ2v) is 5.79. The third-order valence-corrected chi connectivity index (χ3v) is 4.61. The lowest BCUT2D eigenvalue weighted by Gasteiger charge is -2.16. The van der Waals surface area contributed by atoms with E-state index in [2.05, 4.69) is 18.2 Å². The molecule has 1 aliphatic rings. The molecule has 110 valence electrons. The van der Waals surface area contributed by atoms with Crippen molar-refractivity contribution in [3.63, 3.8) is 0 Å². The van der Waals surface area contributed by atoms with E-state index in [9.17, 15) is 0 Å². The van der Waals surface area contributed by atoms with Crippen molar-refractivity contribution < 1.29 is 9.47 Å². The van der Waals surface area contributed by atoms with Crippen molar-refractivity contribution in [1.82, 2.24) is 0 Å². The van der Waals surface area contributed by atoms with Crippen molar-refractivity contribution in [2.45, 2.75) is 24.6 Å². The van der Waals surface area contributed by atoms with Gasteiger partial charge in [0.05, 0.1) is 19.6 Å². The first kappa shape index (κ1) is 14.3. The fourth-order valence-electron chi connectivity index (χ4n) is 2.97. The summed E-state index contributed by atoms with van der Waals surface area (Å²) < 4.78 is 10.7. The number of hydrogen-bond donors (Lipinski definition) is 0. The average Bonchev–Trinajstić information content (AvgIpc) is 3.01. The highest BCUT2D eigenvalue weighted by Gasteiger charge is 2.19. The number of rotatable bonds is 4. The Bertz CT molecular complexity index is 652. The van der Waals surface area contributed by atoms with E-state index in [1.807, 2.05) is 18.2 Å². The zero-order valence-corrected chi connectivity index (χ0v) is 13.1. The lowest BCUT2D eigenvalue weighted by atomic mass is 9.99. The topological polar surface area (TPSA) is 18.5 Å². The second kappa shape index (κ2) is 5.98. The molecule has 0 radical (unpaired) electrons. The highest BCUT2D eigenvalue weighted by atomic mass is 35.5. The van der Waals surface area contributed by atoms with Crippen LogP contribution in [0.4, 0.5) is 0 Å². The third kappa shape index (κ3) is 2.73. The Hall–Kier alpha value is -1.67. The van der Waals surface area contributed by atoms with Crippen LogP contribution in [0.25, 0.3) is 0 Å². The minimum absolute atomic E-state index is 0.235. The number of ether oxygens (including phenoxy) is 2. The summed E-state index contributed by atoms with van der Waals surface area (Å²) in [5, 5.41) is -0.235. The maximum Gasteiger partial charge on any atom is 0.124 e. The molecule has 2 aromatic carbocycles. The summed E-state index contributed by atoms with van der Waals surface area (Å²) in [6.45, 7) is 0.